The van der Waals surface area contributed by atoms with Crippen molar-refractivity contribution in [3.05, 3.63) is 29.3 Å². The van der Waals surface area contributed by atoms with E-state index in [2.05, 4.69) is 25.2 Å². The fourth-order valence-electron chi connectivity index (χ4n) is 2.54. The molecule has 1 aliphatic heterocycles. The van der Waals surface area contributed by atoms with Crippen molar-refractivity contribution in [2.45, 2.75) is 39.7 Å². The highest BCUT2D eigenvalue weighted by Gasteiger charge is 2.23. The number of carbonyl (C=O) groups is 1. The van der Waals surface area contributed by atoms with Crippen LogP contribution in [0.1, 0.15) is 31.4 Å². The molecule has 1 aromatic carbocycles. The molecule has 2 rings (SSSR count). The highest BCUT2D eigenvalue weighted by atomic mass is 16.5. The summed E-state index contributed by atoms with van der Waals surface area (Å²) < 4.78 is 5.60. The molecule has 0 aromatic heterocycles. The van der Waals surface area contributed by atoms with Gasteiger partial charge in [0, 0.05) is 18.8 Å². The van der Waals surface area contributed by atoms with Gasteiger partial charge in [-0.25, -0.2) is 4.79 Å². The molecule has 1 heterocycles. The smallest absolute Gasteiger partial charge is 0.322 e. The summed E-state index contributed by atoms with van der Waals surface area (Å²) >= 11 is 0. The van der Waals surface area contributed by atoms with E-state index < -0.39 is 0 Å². The molecule has 20 heavy (non-hydrogen) atoms. The van der Waals surface area contributed by atoms with Crippen molar-refractivity contribution in [1.82, 2.24) is 4.90 Å². The monoisotopic (exact) mass is 276 g/mol. The van der Waals surface area contributed by atoms with Crippen LogP contribution in [-0.2, 0) is 11.2 Å². The van der Waals surface area contributed by atoms with E-state index >= 15 is 0 Å². The van der Waals surface area contributed by atoms with Crippen molar-refractivity contribution >= 4 is 11.7 Å². The van der Waals surface area contributed by atoms with Crippen LogP contribution in [0.5, 0.6) is 0 Å². The predicted molar refractivity (Wildman–Crippen MR) is 81.2 cm³/mol. The molecule has 2 amide bonds. The first-order valence-corrected chi connectivity index (χ1v) is 7.41. The second-order valence-electron chi connectivity index (χ2n) is 5.24. The number of rotatable bonds is 3. The molecule has 1 saturated heterocycles. The van der Waals surface area contributed by atoms with E-state index in [-0.39, 0.29) is 12.1 Å². The number of nitrogens with one attached hydrogen (secondary N) is 1. The lowest BCUT2D eigenvalue weighted by molar-refractivity contribution is -0.0134. The Labute approximate surface area is 121 Å². The van der Waals surface area contributed by atoms with Gasteiger partial charge in [-0.2, -0.15) is 0 Å². The Morgan fingerprint density at radius 3 is 2.95 bits per heavy atom. The predicted octanol–water partition coefficient (Wildman–Crippen LogP) is 3.20. The normalized spacial score (nSPS) is 18.9. The Balaban J connectivity index is 2.08. The van der Waals surface area contributed by atoms with Gasteiger partial charge in [0.2, 0.25) is 0 Å². The van der Waals surface area contributed by atoms with Gasteiger partial charge < -0.3 is 15.0 Å². The first kappa shape index (κ1) is 14.9. The van der Waals surface area contributed by atoms with Gasteiger partial charge in [0.15, 0.2) is 0 Å². The van der Waals surface area contributed by atoms with Crippen LogP contribution in [-0.4, -0.2) is 36.7 Å². The van der Waals surface area contributed by atoms with Crippen molar-refractivity contribution in [2.24, 2.45) is 0 Å². The fraction of sp³-hybridized carbons (Fsp3) is 0.562. The molecule has 0 spiro atoms. The van der Waals surface area contributed by atoms with Gasteiger partial charge in [-0.05, 0) is 30.9 Å². The highest BCUT2D eigenvalue weighted by molar-refractivity contribution is 5.91. The summed E-state index contributed by atoms with van der Waals surface area (Å²) in [5, 5.41) is 3.08. The molecule has 0 unspecified atom stereocenters. The maximum Gasteiger partial charge on any atom is 0.322 e. The van der Waals surface area contributed by atoms with E-state index in [0.717, 1.165) is 24.1 Å². The number of nitrogens with zero attached hydrogens (tertiary/aromatic N) is 1. The summed E-state index contributed by atoms with van der Waals surface area (Å²) in [6.07, 6.45) is 2.02. The van der Waals surface area contributed by atoms with Crippen molar-refractivity contribution in [3.8, 4) is 0 Å². The molecule has 0 radical (unpaired) electrons. The molecule has 4 nitrogen and oxygen atoms in total. The Morgan fingerprint density at radius 1 is 1.45 bits per heavy atom. The third kappa shape index (κ3) is 3.31. The summed E-state index contributed by atoms with van der Waals surface area (Å²) in [5.41, 5.74) is 3.25. The lowest BCUT2D eigenvalue weighted by Gasteiger charge is -2.32. The number of aryl methyl sites for hydroxylation is 2. The first-order chi connectivity index (χ1) is 9.65. The Kier molecular flexibility index (Phi) is 5.01. The van der Waals surface area contributed by atoms with Crippen LogP contribution in [0.15, 0.2) is 18.2 Å². The van der Waals surface area contributed by atoms with Crippen molar-refractivity contribution in [2.75, 3.05) is 25.0 Å². The van der Waals surface area contributed by atoms with E-state index in [0.29, 0.717) is 19.7 Å². The van der Waals surface area contributed by atoms with E-state index in [1.807, 2.05) is 24.0 Å². The third-order valence-corrected chi connectivity index (χ3v) is 3.85. The van der Waals surface area contributed by atoms with E-state index in [1.165, 1.54) is 5.56 Å². The van der Waals surface area contributed by atoms with E-state index in [9.17, 15) is 4.79 Å². The molecular formula is C16H24N2O2. The second-order valence-corrected chi connectivity index (χ2v) is 5.24. The Hall–Kier alpha value is -1.55. The zero-order valence-electron chi connectivity index (χ0n) is 12.6. The molecular weight excluding hydrogens is 252 g/mol. The van der Waals surface area contributed by atoms with Gasteiger partial charge in [0.25, 0.3) is 0 Å². The van der Waals surface area contributed by atoms with Gasteiger partial charge in [0.1, 0.15) is 0 Å². The van der Waals surface area contributed by atoms with Crippen LogP contribution in [0.3, 0.4) is 0 Å². The zero-order chi connectivity index (χ0) is 14.5. The number of anilines is 1. The summed E-state index contributed by atoms with van der Waals surface area (Å²) in [6.45, 7) is 8.18. The average Bonchev–Trinajstić information content (AvgIpc) is 2.49. The number of carbonyl (C=O) groups excluding carboxylic acids is 1. The molecule has 1 fully saturated rings. The number of para-hydroxylation sites is 1. The minimum Gasteiger partial charge on any atom is -0.375 e. The number of ether oxygens (including phenoxy) is 1. The minimum absolute atomic E-state index is 0.0178. The number of urea groups is 1. The Bertz CT molecular complexity index is 474. The van der Waals surface area contributed by atoms with Crippen LogP contribution < -0.4 is 5.32 Å². The molecule has 1 N–H and O–H groups in total. The molecule has 1 aliphatic rings. The van der Waals surface area contributed by atoms with Crippen molar-refractivity contribution < 1.29 is 9.53 Å². The van der Waals surface area contributed by atoms with Gasteiger partial charge in [-0.3, -0.25) is 0 Å². The summed E-state index contributed by atoms with van der Waals surface area (Å²) in [6, 6.07) is 6.11. The zero-order valence-corrected chi connectivity index (χ0v) is 12.6. The van der Waals surface area contributed by atoms with Gasteiger partial charge in [0.05, 0.1) is 12.7 Å². The van der Waals surface area contributed by atoms with Gasteiger partial charge in [-0.15, -0.1) is 0 Å². The number of amides is 2. The van der Waals surface area contributed by atoms with Crippen LogP contribution in [0.4, 0.5) is 10.5 Å². The number of hydrogen-bond acceptors (Lipinski definition) is 2. The molecule has 0 aliphatic carbocycles. The topological polar surface area (TPSA) is 41.6 Å². The average molecular weight is 276 g/mol. The summed E-state index contributed by atoms with van der Waals surface area (Å²) in [4.78, 5) is 14.3. The van der Waals surface area contributed by atoms with Crippen LogP contribution >= 0.6 is 0 Å². The lowest BCUT2D eigenvalue weighted by Crippen LogP contribution is -2.47. The van der Waals surface area contributed by atoms with Crippen molar-refractivity contribution in [3.63, 3.8) is 0 Å². The maximum absolute atomic E-state index is 12.4. The molecule has 1 aromatic rings. The number of benzene rings is 1. The summed E-state index contributed by atoms with van der Waals surface area (Å²) in [5.74, 6) is 0. The molecule has 0 bridgehead atoms. The molecule has 0 saturated carbocycles. The van der Waals surface area contributed by atoms with Crippen LogP contribution in [0, 0.1) is 6.92 Å². The highest BCUT2D eigenvalue weighted by Crippen LogP contribution is 2.22. The number of hydrogen-bond donors (Lipinski definition) is 1. The Morgan fingerprint density at radius 2 is 2.25 bits per heavy atom. The molecule has 110 valence electrons. The molecule has 1 atom stereocenters. The number of morpholine rings is 1. The fourth-order valence-corrected chi connectivity index (χ4v) is 2.54. The SMILES string of the molecule is CCc1cccc(C)c1NC(=O)N1CCO[C@@H](CC)C1. The van der Waals surface area contributed by atoms with Crippen molar-refractivity contribution in [1.29, 1.82) is 0 Å². The minimum atomic E-state index is -0.0178. The molecule has 4 heteroatoms. The quantitative estimate of drug-likeness (QED) is 0.921. The largest absolute Gasteiger partial charge is 0.375 e. The summed E-state index contributed by atoms with van der Waals surface area (Å²) in [7, 11) is 0. The standard InChI is InChI=1S/C16H24N2O2/c1-4-13-8-6-7-12(3)15(13)17-16(19)18-9-10-20-14(5-2)11-18/h6-8,14H,4-5,9-11H2,1-3H3,(H,17,19)/t14-/m0/s1. The van der Waals surface area contributed by atoms with Gasteiger partial charge >= 0.3 is 6.03 Å². The third-order valence-electron chi connectivity index (χ3n) is 3.85. The maximum atomic E-state index is 12.4. The lowest BCUT2D eigenvalue weighted by atomic mass is 10.1. The van der Waals surface area contributed by atoms with Crippen LogP contribution in [0.25, 0.3) is 0 Å². The first-order valence-electron chi connectivity index (χ1n) is 7.41. The van der Waals surface area contributed by atoms with Gasteiger partial charge in [-0.1, -0.05) is 32.0 Å². The van der Waals surface area contributed by atoms with Crippen LogP contribution in [0.2, 0.25) is 0 Å². The van der Waals surface area contributed by atoms with E-state index in [1.54, 1.807) is 0 Å². The van der Waals surface area contributed by atoms with E-state index in [4.69, 9.17) is 4.74 Å². The second kappa shape index (κ2) is 6.75.